The van der Waals surface area contributed by atoms with Crippen LogP contribution in [0.5, 0.6) is 0 Å². The third kappa shape index (κ3) is 2.98. The van der Waals surface area contributed by atoms with Gasteiger partial charge in [-0.25, -0.2) is 9.97 Å². The fraction of sp³-hybridized carbons (Fsp3) is 0.0909. The van der Waals surface area contributed by atoms with E-state index in [0.717, 1.165) is 5.69 Å². The second kappa shape index (κ2) is 5.49. The molecule has 94 valence electrons. The van der Waals surface area contributed by atoms with Crippen molar-refractivity contribution in [3.63, 3.8) is 0 Å². The van der Waals surface area contributed by atoms with E-state index in [1.807, 2.05) is 0 Å². The van der Waals surface area contributed by atoms with Crippen molar-refractivity contribution in [1.82, 2.24) is 9.97 Å². The van der Waals surface area contributed by atoms with E-state index in [4.69, 9.17) is 46.4 Å². The molecule has 7 heteroatoms. The minimum atomic E-state index is 0.109. The van der Waals surface area contributed by atoms with Gasteiger partial charge in [-0.3, -0.25) is 0 Å². The number of hydrogen-bond acceptors (Lipinski definition) is 3. The number of benzene rings is 1. The molecule has 2 rings (SSSR count). The van der Waals surface area contributed by atoms with E-state index in [9.17, 15) is 0 Å². The molecule has 0 atom stereocenters. The molecule has 1 aromatic heterocycles. The van der Waals surface area contributed by atoms with Crippen LogP contribution in [0.25, 0.3) is 0 Å². The Morgan fingerprint density at radius 3 is 2.33 bits per heavy atom. The number of hydrogen-bond donors (Lipinski definition) is 1. The third-order valence-electron chi connectivity index (χ3n) is 2.21. The lowest BCUT2D eigenvalue weighted by atomic mass is 10.3. The molecular weight excluding hydrogens is 316 g/mol. The van der Waals surface area contributed by atoms with Crippen LogP contribution in [-0.2, 0) is 0 Å². The summed E-state index contributed by atoms with van der Waals surface area (Å²) in [6, 6.07) is 5.15. The van der Waals surface area contributed by atoms with Gasteiger partial charge in [0.05, 0.1) is 21.4 Å². The number of aromatic nitrogens is 2. The quantitative estimate of drug-likeness (QED) is 0.614. The molecule has 0 aliphatic heterocycles. The molecule has 3 nitrogen and oxygen atoms in total. The van der Waals surface area contributed by atoms with Crippen molar-refractivity contribution < 1.29 is 0 Å². The number of anilines is 2. The molecule has 1 N–H and O–H groups in total. The van der Waals surface area contributed by atoms with Crippen LogP contribution in [0.4, 0.5) is 11.4 Å². The van der Waals surface area contributed by atoms with Crippen LogP contribution in [0.1, 0.15) is 5.69 Å². The summed E-state index contributed by atoms with van der Waals surface area (Å²) >= 11 is 23.5. The minimum Gasteiger partial charge on any atom is -0.351 e. The molecule has 0 radical (unpaired) electrons. The minimum absolute atomic E-state index is 0.109. The number of aryl methyl sites for hydroxylation is 1. The van der Waals surface area contributed by atoms with Crippen LogP contribution < -0.4 is 5.32 Å². The number of halogens is 4. The van der Waals surface area contributed by atoms with E-state index < -0.39 is 0 Å². The third-order valence-corrected chi connectivity index (χ3v) is 3.39. The normalized spacial score (nSPS) is 10.5. The van der Waals surface area contributed by atoms with E-state index >= 15 is 0 Å². The van der Waals surface area contributed by atoms with Crippen molar-refractivity contribution in [2.24, 2.45) is 0 Å². The molecule has 0 saturated carbocycles. The summed E-state index contributed by atoms with van der Waals surface area (Å²) < 4.78 is 0. The highest BCUT2D eigenvalue weighted by molar-refractivity contribution is 6.42. The predicted octanol–water partition coefficient (Wildman–Crippen LogP) is 5.14. The maximum atomic E-state index is 6.00. The fourth-order valence-electron chi connectivity index (χ4n) is 1.37. The van der Waals surface area contributed by atoms with Crippen LogP contribution >= 0.6 is 46.4 Å². The zero-order valence-electron chi connectivity index (χ0n) is 9.14. The Kier molecular flexibility index (Phi) is 4.17. The van der Waals surface area contributed by atoms with Crippen LogP contribution in [0.15, 0.2) is 18.2 Å². The SMILES string of the molecule is Cc1nc(Cl)nc(Cl)c1Nc1ccc(Cl)c(Cl)c1. The first kappa shape index (κ1) is 13.7. The summed E-state index contributed by atoms with van der Waals surface area (Å²) in [5.74, 6) is 0. The van der Waals surface area contributed by atoms with Gasteiger partial charge in [-0.05, 0) is 36.7 Å². The highest BCUT2D eigenvalue weighted by atomic mass is 35.5. The Labute approximate surface area is 124 Å². The van der Waals surface area contributed by atoms with Gasteiger partial charge in [0.15, 0.2) is 5.15 Å². The van der Waals surface area contributed by atoms with Crippen molar-refractivity contribution in [2.75, 3.05) is 5.32 Å². The highest BCUT2D eigenvalue weighted by Gasteiger charge is 2.10. The lowest BCUT2D eigenvalue weighted by Gasteiger charge is -2.11. The molecule has 18 heavy (non-hydrogen) atoms. The van der Waals surface area contributed by atoms with E-state index in [-0.39, 0.29) is 10.4 Å². The highest BCUT2D eigenvalue weighted by Crippen LogP contribution is 2.30. The zero-order valence-corrected chi connectivity index (χ0v) is 12.2. The van der Waals surface area contributed by atoms with E-state index in [0.29, 0.717) is 21.4 Å². The molecule has 0 saturated heterocycles. The summed E-state index contributed by atoms with van der Waals surface area (Å²) in [5.41, 5.74) is 1.96. The molecular formula is C11H7Cl4N3. The summed E-state index contributed by atoms with van der Waals surface area (Å²) in [4.78, 5) is 7.89. The van der Waals surface area contributed by atoms with Crippen molar-refractivity contribution in [1.29, 1.82) is 0 Å². The topological polar surface area (TPSA) is 37.8 Å². The first-order valence-corrected chi connectivity index (χ1v) is 6.40. The maximum absolute atomic E-state index is 6.00. The zero-order chi connectivity index (χ0) is 13.3. The summed E-state index contributed by atoms with van der Waals surface area (Å²) in [7, 11) is 0. The second-order valence-corrected chi connectivity index (χ2v) is 5.01. The Morgan fingerprint density at radius 1 is 1.00 bits per heavy atom. The molecule has 0 aliphatic rings. The van der Waals surface area contributed by atoms with E-state index in [2.05, 4.69) is 15.3 Å². The van der Waals surface area contributed by atoms with Crippen molar-refractivity contribution in [2.45, 2.75) is 6.92 Å². The Balaban J connectivity index is 2.37. The van der Waals surface area contributed by atoms with Gasteiger partial charge in [-0.1, -0.05) is 34.8 Å². The maximum Gasteiger partial charge on any atom is 0.224 e. The van der Waals surface area contributed by atoms with Gasteiger partial charge < -0.3 is 5.32 Å². The van der Waals surface area contributed by atoms with Gasteiger partial charge in [0.25, 0.3) is 0 Å². The molecule has 0 spiro atoms. The fourth-order valence-corrected chi connectivity index (χ4v) is 2.18. The van der Waals surface area contributed by atoms with E-state index in [1.54, 1.807) is 25.1 Å². The average molecular weight is 323 g/mol. The monoisotopic (exact) mass is 321 g/mol. The molecule has 2 aromatic rings. The first-order valence-electron chi connectivity index (χ1n) is 4.89. The number of rotatable bonds is 2. The predicted molar refractivity (Wildman–Crippen MR) is 76.5 cm³/mol. The van der Waals surface area contributed by atoms with Gasteiger partial charge in [0.1, 0.15) is 0 Å². The van der Waals surface area contributed by atoms with E-state index in [1.165, 1.54) is 0 Å². The van der Waals surface area contributed by atoms with Gasteiger partial charge in [0, 0.05) is 5.69 Å². The first-order chi connectivity index (χ1) is 8.47. The second-order valence-electron chi connectivity index (χ2n) is 3.50. The lowest BCUT2D eigenvalue weighted by Crippen LogP contribution is -1.99. The van der Waals surface area contributed by atoms with Crippen LogP contribution in [0, 0.1) is 6.92 Å². The Hall–Kier alpha value is -0.740. The van der Waals surface area contributed by atoms with Crippen molar-refractivity contribution >= 4 is 57.8 Å². The van der Waals surface area contributed by atoms with Gasteiger partial charge >= 0.3 is 0 Å². The van der Waals surface area contributed by atoms with Crippen molar-refractivity contribution in [3.05, 3.63) is 44.4 Å². The molecule has 0 fully saturated rings. The summed E-state index contributed by atoms with van der Waals surface area (Å²) in [6.07, 6.45) is 0. The van der Waals surface area contributed by atoms with Gasteiger partial charge in [-0.15, -0.1) is 0 Å². The van der Waals surface area contributed by atoms with Gasteiger partial charge in [0.2, 0.25) is 5.28 Å². The van der Waals surface area contributed by atoms with Crippen LogP contribution in [0.2, 0.25) is 20.5 Å². The molecule has 1 aromatic carbocycles. The van der Waals surface area contributed by atoms with Crippen molar-refractivity contribution in [3.8, 4) is 0 Å². The Bertz CT molecular complexity index is 578. The number of nitrogens with zero attached hydrogens (tertiary/aromatic N) is 2. The lowest BCUT2D eigenvalue weighted by molar-refractivity contribution is 1.10. The largest absolute Gasteiger partial charge is 0.351 e. The molecule has 0 unspecified atom stereocenters. The Morgan fingerprint density at radius 2 is 1.72 bits per heavy atom. The number of nitrogens with one attached hydrogen (secondary N) is 1. The van der Waals surface area contributed by atoms with Crippen LogP contribution in [-0.4, -0.2) is 9.97 Å². The standard InChI is InChI=1S/C11H7Cl4N3/c1-5-9(10(14)18-11(15)16-5)17-6-2-3-7(12)8(13)4-6/h2-4,17H,1H3. The molecule has 0 amide bonds. The molecule has 1 heterocycles. The van der Waals surface area contributed by atoms with Crippen LogP contribution in [0.3, 0.4) is 0 Å². The van der Waals surface area contributed by atoms with Gasteiger partial charge in [-0.2, -0.15) is 0 Å². The average Bonchev–Trinajstić information content (AvgIpc) is 2.28. The summed E-state index contributed by atoms with van der Waals surface area (Å²) in [5, 5.41) is 4.37. The molecule has 0 bridgehead atoms. The molecule has 0 aliphatic carbocycles. The smallest absolute Gasteiger partial charge is 0.224 e. The summed E-state index contributed by atoms with van der Waals surface area (Å²) in [6.45, 7) is 1.78.